The number of sulfonamides is 4. The Morgan fingerprint density at radius 3 is 0.949 bits per heavy atom. The maximum absolute atomic E-state index is 14.9. The van der Waals surface area contributed by atoms with Crippen LogP contribution in [0.4, 0.5) is 28.9 Å². The third kappa shape index (κ3) is 25.3. The van der Waals surface area contributed by atoms with Gasteiger partial charge in [-0.2, -0.15) is 12.9 Å². The van der Waals surface area contributed by atoms with Gasteiger partial charge in [-0.05, 0) is 128 Å². The van der Waals surface area contributed by atoms with E-state index in [1.165, 1.54) is 37.2 Å². The van der Waals surface area contributed by atoms with Gasteiger partial charge in [0.2, 0.25) is 57.8 Å². The first-order valence-corrected chi connectivity index (χ1v) is 48.3. The van der Waals surface area contributed by atoms with Crippen LogP contribution in [0, 0.1) is 23.3 Å². The predicted octanol–water partition coefficient (Wildman–Crippen LogP) is 14.9. The van der Waals surface area contributed by atoms with Gasteiger partial charge in [-0.1, -0.05) is 193 Å². The van der Waals surface area contributed by atoms with Gasteiger partial charge in [0.05, 0.1) is 0 Å². The summed E-state index contributed by atoms with van der Waals surface area (Å²) >= 11 is 9.56. The van der Waals surface area contributed by atoms with Crippen molar-refractivity contribution in [2.45, 2.75) is 118 Å². The molecule has 0 bridgehead atoms. The Bertz CT molecular complexity index is 4960. The molecule has 118 heavy (non-hydrogen) atoms. The minimum absolute atomic E-state index is 0.0376. The molecule has 15 rings (SSSR count). The molecule has 7 heterocycles. The normalized spacial score (nSPS) is 21.0. The number of benzene rings is 8. The third-order valence-corrected chi connectivity index (χ3v) is 32.0. The molecule has 0 saturated carbocycles. The van der Waals surface area contributed by atoms with Crippen molar-refractivity contribution in [1.82, 2.24) is 37.7 Å². The van der Waals surface area contributed by atoms with Crippen molar-refractivity contribution >= 4 is 117 Å². The quantitative estimate of drug-likeness (QED) is 0.0807. The van der Waals surface area contributed by atoms with Crippen molar-refractivity contribution in [3.63, 3.8) is 0 Å². The second kappa shape index (κ2) is 43.8. The minimum Gasteiger partial charge on any atom is -0.368 e. The van der Waals surface area contributed by atoms with Crippen LogP contribution < -0.4 is 19.8 Å². The Hall–Kier alpha value is -7.47. The molecule has 4 atom stereocenters. The molecule has 32 heteroatoms. The fourth-order valence-corrected chi connectivity index (χ4v) is 24.0. The molecule has 7 aliphatic rings. The summed E-state index contributed by atoms with van der Waals surface area (Å²) in [5, 5.41) is 1.67. The number of hydrogen-bond donors (Lipinski definition) is 2. The number of nitrogens with one attached hydrogen (secondary N) is 2. The van der Waals surface area contributed by atoms with Gasteiger partial charge in [-0.15, -0.1) is 0 Å². The van der Waals surface area contributed by atoms with E-state index in [2.05, 4.69) is 67.6 Å². The fraction of sp³-hybridized carbons (Fsp3) is 0.407. The van der Waals surface area contributed by atoms with E-state index in [1.807, 2.05) is 144 Å². The molecule has 7 saturated heterocycles. The zero-order valence-corrected chi connectivity index (χ0v) is 74.5. The Kier molecular flexibility index (Phi) is 34.5. The van der Waals surface area contributed by atoms with Crippen molar-refractivity contribution in [2.24, 2.45) is 0 Å². The standard InChI is InChI=1S/2C23H28FN3O3S.C17H17BrFNO2S.C10H13NO2S.C7H5Br2F.C6H12N2O/c2*1-18(28)25-12-14-26(15-13-25)21-10-9-20(22(24)16-21)17-27-11-5-8-23(31(27,29)30)19-6-3-2-4-7-19;18-15-9-8-14(16(19)11-15)12-20-10-4-7-17(23(20,21)22)13-5-2-1-3-6-13;12-14(13)10(7-4-8-11-14)9-5-2-1-3-6-9;8-4-5-1-2-6(9)3-7(5)10;1-6(9)8-4-2-7-3-5-8/h2*2-4,6-7,9-10,16,23H,5,8,11-15,17H2,1H3;1-3,5-6,8-9,11,17H,4,7,10,12H2;1-3,5-6,10-11H,4,7-8H2;1-3H,4H2;7H,2-5H2,1H3. The van der Waals surface area contributed by atoms with Crippen LogP contribution >= 0.6 is 47.8 Å². The van der Waals surface area contributed by atoms with Crippen molar-refractivity contribution in [2.75, 3.05) is 115 Å². The van der Waals surface area contributed by atoms with E-state index in [0.29, 0.717) is 130 Å². The van der Waals surface area contributed by atoms with Gasteiger partial charge in [0.25, 0.3) is 0 Å². The van der Waals surface area contributed by atoms with Gasteiger partial charge in [-0.25, -0.2) is 56.0 Å². The summed E-state index contributed by atoms with van der Waals surface area (Å²) in [5.41, 5.74) is 6.61. The summed E-state index contributed by atoms with van der Waals surface area (Å²) in [6.45, 7) is 15.4. The van der Waals surface area contributed by atoms with Crippen LogP contribution in [0.1, 0.15) is 138 Å². The molecule has 3 amide bonds. The lowest BCUT2D eigenvalue weighted by Crippen LogP contribution is -2.48. The average Bonchev–Trinajstić information content (AvgIpc) is 0.785. The van der Waals surface area contributed by atoms with E-state index >= 15 is 0 Å². The topological polar surface area (TPSA) is 238 Å². The first-order chi connectivity index (χ1) is 56.4. The molecule has 8 aromatic rings. The van der Waals surface area contributed by atoms with Crippen LogP contribution in [0.3, 0.4) is 0 Å². The number of carbonyl (C=O) groups excluding carboxylic acids is 3. The van der Waals surface area contributed by atoms with Crippen molar-refractivity contribution < 1.29 is 65.6 Å². The second-order valence-electron chi connectivity index (χ2n) is 29.6. The third-order valence-electron chi connectivity index (χ3n) is 21.8. The van der Waals surface area contributed by atoms with Crippen LogP contribution in [-0.2, 0) is 79.4 Å². The smallest absolute Gasteiger partial charge is 0.221 e. The predicted molar refractivity (Wildman–Crippen MR) is 466 cm³/mol. The highest BCUT2D eigenvalue weighted by atomic mass is 79.9. The molecule has 4 unspecified atom stereocenters. The number of nitrogens with zero attached hydrogens (tertiary/aromatic N) is 8. The SMILES string of the molecule is CC(=O)N1CCN(c2ccc(CN3CCCC(c4ccccc4)S3(=O)=O)c(F)c2)CC1.CC(=O)N1CCN(c2ccc(CN3CCCC(c4ccccc4)S3(=O)=O)c(F)c2)CC1.CC(=O)N1CCNCC1.Fc1cc(Br)ccc1CBr.O=S1(=O)C(c2ccccc2)CCCN1Cc1ccc(Br)cc1F.O=S1(=O)NCCCC1c1ccccc1. The summed E-state index contributed by atoms with van der Waals surface area (Å²) in [4.78, 5) is 43.2. The fourth-order valence-electron chi connectivity index (χ4n) is 15.1. The number of hydrogen-bond acceptors (Lipinski definition) is 14. The number of carbonyl (C=O) groups is 3. The number of anilines is 2. The lowest BCUT2D eigenvalue weighted by atomic mass is 10.1. The molecule has 0 aliphatic carbocycles. The Labute approximate surface area is 718 Å². The van der Waals surface area contributed by atoms with Crippen LogP contribution in [0.2, 0.25) is 0 Å². The molecule has 21 nitrogen and oxygen atoms in total. The van der Waals surface area contributed by atoms with Gasteiger partial charge >= 0.3 is 0 Å². The summed E-state index contributed by atoms with van der Waals surface area (Å²) in [5.74, 6) is -1.07. The monoisotopic (exact) mass is 1890 g/mol. The maximum atomic E-state index is 14.9. The van der Waals surface area contributed by atoms with E-state index in [9.17, 15) is 65.6 Å². The molecular formula is C86H103Br3F4N10O11S4. The van der Waals surface area contributed by atoms with Crippen molar-refractivity contribution in [3.8, 4) is 0 Å². The first kappa shape index (κ1) is 92.8. The molecular weight excluding hydrogens is 1790 g/mol. The zero-order valence-electron chi connectivity index (χ0n) is 66.4. The molecule has 0 radical (unpaired) electrons. The highest BCUT2D eigenvalue weighted by molar-refractivity contribution is 9.10. The largest absolute Gasteiger partial charge is 0.368 e. The maximum Gasteiger partial charge on any atom is 0.221 e. The lowest BCUT2D eigenvalue weighted by molar-refractivity contribution is -0.130. The Balaban J connectivity index is 0.000000157. The number of rotatable bonds is 13. The van der Waals surface area contributed by atoms with Crippen LogP contribution in [0.5, 0.6) is 0 Å². The number of halogens is 7. The van der Waals surface area contributed by atoms with E-state index in [1.54, 1.807) is 60.9 Å². The molecule has 2 N–H and O–H groups in total. The minimum atomic E-state index is -3.56. The summed E-state index contributed by atoms with van der Waals surface area (Å²) in [6, 6.07) is 56.8. The molecule has 0 aromatic heterocycles. The Morgan fingerprint density at radius 2 is 0.653 bits per heavy atom. The highest BCUT2D eigenvalue weighted by Crippen LogP contribution is 2.40. The molecule has 7 aliphatic heterocycles. The van der Waals surface area contributed by atoms with Gasteiger partial charge in [-0.3, -0.25) is 14.4 Å². The van der Waals surface area contributed by atoms with Gasteiger partial charge in [0.15, 0.2) is 0 Å². The van der Waals surface area contributed by atoms with Crippen LogP contribution in [-0.4, -0.2) is 184 Å². The first-order valence-electron chi connectivity index (χ1n) is 39.6. The van der Waals surface area contributed by atoms with Gasteiger partial charge < -0.3 is 29.8 Å². The van der Waals surface area contributed by atoms with Crippen molar-refractivity contribution in [3.05, 3.63) is 271 Å². The zero-order chi connectivity index (χ0) is 84.7. The molecule has 0 spiro atoms. The highest BCUT2D eigenvalue weighted by Gasteiger charge is 2.40. The van der Waals surface area contributed by atoms with Crippen molar-refractivity contribution in [1.29, 1.82) is 0 Å². The summed E-state index contributed by atoms with van der Waals surface area (Å²) < 4.78 is 167. The van der Waals surface area contributed by atoms with E-state index in [4.69, 9.17) is 0 Å². The van der Waals surface area contributed by atoms with Gasteiger partial charge in [0, 0.05) is 187 Å². The lowest BCUT2D eigenvalue weighted by Gasteiger charge is -2.36. The Morgan fingerprint density at radius 1 is 0.356 bits per heavy atom. The van der Waals surface area contributed by atoms with E-state index in [-0.39, 0.29) is 48.4 Å². The van der Waals surface area contributed by atoms with Gasteiger partial charge in [0.1, 0.15) is 44.3 Å². The molecule has 636 valence electrons. The summed E-state index contributed by atoms with van der Waals surface area (Å²) in [6.07, 6.45) is 5.67. The summed E-state index contributed by atoms with van der Waals surface area (Å²) in [7, 11) is -13.7. The number of alkyl halides is 1. The van der Waals surface area contributed by atoms with Crippen LogP contribution in [0.25, 0.3) is 0 Å². The number of amides is 3. The van der Waals surface area contributed by atoms with Crippen LogP contribution in [0.15, 0.2) is 203 Å². The van der Waals surface area contributed by atoms with E-state index < -0.39 is 73.3 Å². The average molecular weight is 1900 g/mol. The molecule has 8 aromatic carbocycles. The van der Waals surface area contributed by atoms with E-state index in [0.717, 1.165) is 96.4 Å². The number of piperazine rings is 3. The second-order valence-corrected chi connectivity index (χ2v) is 40.3. The molecule has 7 fully saturated rings.